The Morgan fingerprint density at radius 1 is 1.31 bits per heavy atom. The van der Waals surface area contributed by atoms with Crippen molar-refractivity contribution >= 4 is 22.8 Å². The Bertz CT molecular complexity index is 491. The molecule has 3 nitrogen and oxygen atoms in total. The van der Waals surface area contributed by atoms with E-state index in [1.54, 1.807) is 17.5 Å². The predicted octanol–water partition coefficient (Wildman–Crippen LogP) is 2.95. The topological polar surface area (TPSA) is 50.9 Å². The van der Waals surface area contributed by atoms with Crippen molar-refractivity contribution in [3.05, 3.63) is 39.7 Å². The van der Waals surface area contributed by atoms with Crippen molar-refractivity contribution in [2.45, 2.75) is 20.4 Å². The van der Waals surface area contributed by atoms with E-state index in [0.717, 1.165) is 23.6 Å². The molecule has 2 aromatic heterocycles. The largest absolute Gasteiger partial charge is 0.398 e. The summed E-state index contributed by atoms with van der Waals surface area (Å²) in [6.07, 6.45) is 1.79. The van der Waals surface area contributed by atoms with Gasteiger partial charge in [-0.1, -0.05) is 0 Å². The van der Waals surface area contributed by atoms with Crippen LogP contribution in [0, 0.1) is 13.8 Å². The van der Waals surface area contributed by atoms with Gasteiger partial charge in [-0.25, -0.2) is 4.98 Å². The fourth-order valence-corrected chi connectivity index (χ4v) is 2.25. The highest BCUT2D eigenvalue weighted by molar-refractivity contribution is 7.08. The molecule has 0 aliphatic carbocycles. The Balaban J connectivity index is 2.05. The molecule has 0 fully saturated rings. The SMILES string of the molecule is Cc1cnc(NCc2cscc2C)cc1N. The highest BCUT2D eigenvalue weighted by atomic mass is 32.1. The molecule has 0 aliphatic rings. The number of nitrogen functional groups attached to an aromatic ring is 1. The van der Waals surface area contributed by atoms with Gasteiger partial charge in [0.15, 0.2) is 0 Å². The quantitative estimate of drug-likeness (QED) is 0.857. The summed E-state index contributed by atoms with van der Waals surface area (Å²) in [5.74, 6) is 0.828. The van der Waals surface area contributed by atoms with E-state index >= 15 is 0 Å². The second-order valence-corrected chi connectivity index (χ2v) is 4.60. The number of aryl methyl sites for hydroxylation is 2. The number of hydrogen-bond donors (Lipinski definition) is 2. The highest BCUT2D eigenvalue weighted by Crippen LogP contribution is 2.17. The van der Waals surface area contributed by atoms with Crippen molar-refractivity contribution in [2.24, 2.45) is 0 Å². The fourth-order valence-electron chi connectivity index (χ4n) is 1.39. The van der Waals surface area contributed by atoms with E-state index in [-0.39, 0.29) is 0 Å². The molecular weight excluding hydrogens is 218 g/mol. The Morgan fingerprint density at radius 3 is 2.75 bits per heavy atom. The molecule has 0 spiro atoms. The lowest BCUT2D eigenvalue weighted by Gasteiger charge is -2.07. The molecule has 84 valence electrons. The first kappa shape index (κ1) is 11.0. The molecule has 0 amide bonds. The summed E-state index contributed by atoms with van der Waals surface area (Å²) >= 11 is 1.72. The summed E-state index contributed by atoms with van der Waals surface area (Å²) in [6.45, 7) is 4.87. The molecule has 0 atom stereocenters. The zero-order chi connectivity index (χ0) is 11.5. The average molecular weight is 233 g/mol. The minimum Gasteiger partial charge on any atom is -0.398 e. The Hall–Kier alpha value is -1.55. The van der Waals surface area contributed by atoms with Gasteiger partial charge in [0.2, 0.25) is 0 Å². The second-order valence-electron chi connectivity index (χ2n) is 3.86. The van der Waals surface area contributed by atoms with Crippen LogP contribution in [0.1, 0.15) is 16.7 Å². The molecule has 2 heterocycles. The lowest BCUT2D eigenvalue weighted by molar-refractivity contribution is 1.10. The molecule has 0 bridgehead atoms. The first-order valence-corrected chi connectivity index (χ1v) is 6.09. The average Bonchev–Trinajstić information content (AvgIpc) is 2.66. The maximum absolute atomic E-state index is 5.82. The molecule has 0 aromatic carbocycles. The van der Waals surface area contributed by atoms with Crippen LogP contribution in [0.25, 0.3) is 0 Å². The number of aromatic nitrogens is 1. The molecule has 0 radical (unpaired) electrons. The first-order valence-electron chi connectivity index (χ1n) is 5.14. The van der Waals surface area contributed by atoms with Gasteiger partial charge in [0, 0.05) is 24.5 Å². The van der Waals surface area contributed by atoms with Crippen molar-refractivity contribution in [3.8, 4) is 0 Å². The van der Waals surface area contributed by atoms with Gasteiger partial charge in [0.25, 0.3) is 0 Å². The van der Waals surface area contributed by atoms with Crippen LogP contribution in [0.15, 0.2) is 23.0 Å². The van der Waals surface area contributed by atoms with Crippen LogP contribution in [0.4, 0.5) is 11.5 Å². The minimum absolute atomic E-state index is 0.777. The number of thiophene rings is 1. The molecule has 2 aromatic rings. The Morgan fingerprint density at radius 2 is 2.12 bits per heavy atom. The van der Waals surface area contributed by atoms with Crippen molar-refractivity contribution < 1.29 is 0 Å². The van der Waals surface area contributed by atoms with Gasteiger partial charge in [0.1, 0.15) is 5.82 Å². The van der Waals surface area contributed by atoms with Crippen molar-refractivity contribution in [1.82, 2.24) is 4.98 Å². The second kappa shape index (κ2) is 4.53. The molecule has 0 saturated carbocycles. The summed E-state index contributed by atoms with van der Waals surface area (Å²) in [5.41, 5.74) is 10.2. The van der Waals surface area contributed by atoms with Gasteiger partial charge < -0.3 is 11.1 Å². The Kier molecular flexibility index (Phi) is 3.10. The smallest absolute Gasteiger partial charge is 0.128 e. The maximum atomic E-state index is 5.82. The van der Waals surface area contributed by atoms with Crippen LogP contribution in [-0.4, -0.2) is 4.98 Å². The van der Waals surface area contributed by atoms with Gasteiger partial charge in [-0.15, -0.1) is 0 Å². The number of nitrogens with zero attached hydrogens (tertiary/aromatic N) is 1. The third-order valence-corrected chi connectivity index (χ3v) is 3.48. The van der Waals surface area contributed by atoms with E-state index in [4.69, 9.17) is 5.73 Å². The van der Waals surface area contributed by atoms with Gasteiger partial charge in [-0.2, -0.15) is 11.3 Å². The lowest BCUT2D eigenvalue weighted by atomic mass is 10.2. The van der Waals surface area contributed by atoms with Gasteiger partial charge in [-0.05, 0) is 41.3 Å². The van der Waals surface area contributed by atoms with E-state index in [1.165, 1.54) is 11.1 Å². The number of nitrogens with one attached hydrogen (secondary N) is 1. The maximum Gasteiger partial charge on any atom is 0.128 e. The van der Waals surface area contributed by atoms with E-state index in [9.17, 15) is 0 Å². The lowest BCUT2D eigenvalue weighted by Crippen LogP contribution is -2.02. The fraction of sp³-hybridized carbons (Fsp3) is 0.250. The molecule has 0 saturated heterocycles. The zero-order valence-corrected chi connectivity index (χ0v) is 10.3. The van der Waals surface area contributed by atoms with Crippen LogP contribution in [0.2, 0.25) is 0 Å². The standard InChI is InChI=1S/C12H15N3S/c1-8-4-14-12(3-11(8)13)15-5-10-7-16-6-9(10)2/h3-4,6-7H,5H2,1-2H3,(H3,13,14,15). The Labute approximate surface area is 99.3 Å². The molecule has 4 heteroatoms. The van der Waals surface area contributed by atoms with E-state index in [1.807, 2.05) is 13.0 Å². The van der Waals surface area contributed by atoms with Crippen LogP contribution in [-0.2, 0) is 6.54 Å². The number of nitrogens with two attached hydrogens (primary N) is 1. The third kappa shape index (κ3) is 2.33. The van der Waals surface area contributed by atoms with Crippen LogP contribution in [0.5, 0.6) is 0 Å². The normalized spacial score (nSPS) is 10.4. The number of rotatable bonds is 3. The summed E-state index contributed by atoms with van der Waals surface area (Å²) in [6, 6.07) is 1.87. The first-order chi connectivity index (χ1) is 7.66. The third-order valence-electron chi connectivity index (χ3n) is 2.57. The predicted molar refractivity (Wildman–Crippen MR) is 69.8 cm³/mol. The molecule has 16 heavy (non-hydrogen) atoms. The summed E-state index contributed by atoms with van der Waals surface area (Å²) in [7, 11) is 0. The highest BCUT2D eigenvalue weighted by Gasteiger charge is 2.01. The minimum atomic E-state index is 0.777. The monoisotopic (exact) mass is 233 g/mol. The number of anilines is 2. The van der Waals surface area contributed by atoms with Crippen LogP contribution in [0.3, 0.4) is 0 Å². The van der Waals surface area contributed by atoms with Crippen molar-refractivity contribution in [2.75, 3.05) is 11.1 Å². The van der Waals surface area contributed by atoms with E-state index in [2.05, 4.69) is 28.0 Å². The van der Waals surface area contributed by atoms with Crippen molar-refractivity contribution in [3.63, 3.8) is 0 Å². The molecule has 0 unspecified atom stereocenters. The molecular formula is C12H15N3S. The summed E-state index contributed by atoms with van der Waals surface area (Å²) < 4.78 is 0. The van der Waals surface area contributed by atoms with Gasteiger partial charge >= 0.3 is 0 Å². The number of pyridine rings is 1. The van der Waals surface area contributed by atoms with Crippen LogP contribution >= 0.6 is 11.3 Å². The summed E-state index contributed by atoms with van der Waals surface area (Å²) in [5, 5.41) is 7.57. The zero-order valence-electron chi connectivity index (χ0n) is 9.45. The van der Waals surface area contributed by atoms with E-state index in [0.29, 0.717) is 0 Å². The summed E-state index contributed by atoms with van der Waals surface area (Å²) in [4.78, 5) is 4.28. The molecule has 2 rings (SSSR count). The number of hydrogen-bond acceptors (Lipinski definition) is 4. The van der Waals surface area contributed by atoms with Crippen molar-refractivity contribution in [1.29, 1.82) is 0 Å². The van der Waals surface area contributed by atoms with Gasteiger partial charge in [-0.3, -0.25) is 0 Å². The van der Waals surface area contributed by atoms with Crippen LogP contribution < -0.4 is 11.1 Å². The molecule has 0 aliphatic heterocycles. The van der Waals surface area contributed by atoms with Gasteiger partial charge in [0.05, 0.1) is 0 Å². The molecule has 3 N–H and O–H groups in total. The van der Waals surface area contributed by atoms with E-state index < -0.39 is 0 Å².